The fraction of sp³-hybridized carbons (Fsp3) is 0.273. The second kappa shape index (κ2) is 8.36. The van der Waals surface area contributed by atoms with E-state index in [1.165, 1.54) is 13.8 Å². The Balaban J connectivity index is 1.55. The van der Waals surface area contributed by atoms with Crippen molar-refractivity contribution in [3.05, 3.63) is 58.6 Å². The molecular formula is C22H18F3N3O6. The molecule has 0 bridgehead atoms. The summed E-state index contributed by atoms with van der Waals surface area (Å²) in [6.45, 7) is 2.19. The van der Waals surface area contributed by atoms with Crippen molar-refractivity contribution in [3.63, 3.8) is 0 Å². The first-order valence-electron chi connectivity index (χ1n) is 10.1. The number of hydrogen-bond acceptors (Lipinski definition) is 6. The van der Waals surface area contributed by atoms with Gasteiger partial charge in [-0.1, -0.05) is 12.1 Å². The highest BCUT2D eigenvalue weighted by molar-refractivity contribution is 6.11. The molecule has 3 aromatic rings. The highest BCUT2D eigenvalue weighted by atomic mass is 19.4. The van der Waals surface area contributed by atoms with Gasteiger partial charge in [0.05, 0.1) is 22.5 Å². The maximum Gasteiger partial charge on any atom is 0.420 e. The first-order valence-corrected chi connectivity index (χ1v) is 10.1. The molecule has 2 atom stereocenters. The normalized spacial score (nSPS) is 15.4. The van der Waals surface area contributed by atoms with E-state index in [1.807, 2.05) is 0 Å². The minimum atomic E-state index is -4.64. The second-order valence-electron chi connectivity index (χ2n) is 7.66. The van der Waals surface area contributed by atoms with Gasteiger partial charge in [0.15, 0.2) is 11.7 Å². The number of anilines is 2. The number of nitrogens with one attached hydrogen (secondary N) is 1. The van der Waals surface area contributed by atoms with Gasteiger partial charge in [0, 0.05) is 0 Å². The molecular weight excluding hydrogens is 459 g/mol. The van der Waals surface area contributed by atoms with Crippen molar-refractivity contribution >= 4 is 40.3 Å². The van der Waals surface area contributed by atoms with E-state index >= 15 is 0 Å². The molecule has 2 aromatic carbocycles. The van der Waals surface area contributed by atoms with Crippen LogP contribution in [0, 0.1) is 0 Å². The van der Waals surface area contributed by atoms with Crippen molar-refractivity contribution in [2.45, 2.75) is 32.2 Å². The van der Waals surface area contributed by atoms with Crippen molar-refractivity contribution < 1.29 is 36.7 Å². The number of rotatable bonds is 4. The number of para-hydroxylation sites is 2. The number of hydrogen-bond donors (Lipinski definition) is 1. The number of fused-ring (bicyclic) bond motifs is 2. The van der Waals surface area contributed by atoms with Crippen molar-refractivity contribution in [2.75, 3.05) is 16.8 Å². The van der Waals surface area contributed by atoms with Gasteiger partial charge in [0.1, 0.15) is 12.6 Å². The predicted octanol–water partition coefficient (Wildman–Crippen LogP) is 3.09. The summed E-state index contributed by atoms with van der Waals surface area (Å²) in [5.74, 6) is -3.22. The largest absolute Gasteiger partial charge is 0.451 e. The number of aromatic nitrogens is 1. The monoisotopic (exact) mass is 477 g/mol. The third kappa shape index (κ3) is 4.14. The number of alkyl halides is 3. The van der Waals surface area contributed by atoms with E-state index in [4.69, 9.17) is 9.15 Å². The molecule has 0 radical (unpaired) electrons. The smallest absolute Gasteiger partial charge is 0.420 e. The molecule has 1 aliphatic rings. The zero-order valence-electron chi connectivity index (χ0n) is 17.9. The number of carbonyl (C=O) groups excluding carboxylic acids is 3. The number of oxazole rings is 1. The van der Waals surface area contributed by atoms with Gasteiger partial charge in [-0.2, -0.15) is 13.2 Å². The number of nitrogens with zero attached hydrogens (tertiary/aromatic N) is 2. The fourth-order valence-electron chi connectivity index (χ4n) is 3.66. The molecule has 1 aromatic heterocycles. The molecule has 1 N–H and O–H groups in total. The fourth-order valence-corrected chi connectivity index (χ4v) is 3.66. The van der Waals surface area contributed by atoms with E-state index in [9.17, 15) is 32.3 Å². The Hall–Kier alpha value is -4.09. The first kappa shape index (κ1) is 23.1. The van der Waals surface area contributed by atoms with Crippen LogP contribution in [0.4, 0.5) is 24.5 Å². The Morgan fingerprint density at radius 1 is 1.12 bits per heavy atom. The summed E-state index contributed by atoms with van der Waals surface area (Å²) in [6, 6.07) is 7.87. The lowest BCUT2D eigenvalue weighted by Gasteiger charge is -2.31. The third-order valence-corrected chi connectivity index (χ3v) is 5.34. The van der Waals surface area contributed by atoms with Crippen LogP contribution in [0.2, 0.25) is 0 Å². The predicted molar refractivity (Wildman–Crippen MR) is 113 cm³/mol. The van der Waals surface area contributed by atoms with E-state index in [-0.39, 0.29) is 17.0 Å². The summed E-state index contributed by atoms with van der Waals surface area (Å²) in [4.78, 5) is 50.9. The highest BCUT2D eigenvalue weighted by Crippen LogP contribution is 2.37. The Bertz CT molecular complexity index is 1360. The molecule has 12 heteroatoms. The van der Waals surface area contributed by atoms with Crippen LogP contribution in [0.3, 0.4) is 0 Å². The Morgan fingerprint density at radius 3 is 2.53 bits per heavy atom. The summed E-state index contributed by atoms with van der Waals surface area (Å²) in [5, 5.41) is 2.31. The first-order chi connectivity index (χ1) is 16.0. The van der Waals surface area contributed by atoms with E-state index < -0.39 is 54.0 Å². The molecule has 0 unspecified atom stereocenters. The molecule has 4 rings (SSSR count). The zero-order valence-corrected chi connectivity index (χ0v) is 17.9. The van der Waals surface area contributed by atoms with Crippen molar-refractivity contribution in [1.82, 2.24) is 4.57 Å². The molecule has 0 saturated carbocycles. The lowest BCUT2D eigenvalue weighted by molar-refractivity contribution is -0.156. The van der Waals surface area contributed by atoms with E-state index in [0.717, 1.165) is 27.7 Å². The van der Waals surface area contributed by atoms with Gasteiger partial charge in [0.25, 0.3) is 5.91 Å². The molecule has 1 aliphatic heterocycles. The standard InChI is InChI=1S/C22H18F3N3O6/c1-11(28-16-5-3-4-6-17(16)34-21(28)32)20(31)33-12(2)19(30)27-10-18(29)26-14-9-13(22(23,24)25)7-8-15(14)27/h3-9,11-12H,10H2,1-2H3,(H,26,29)/t11-,12-/m1/s1. The van der Waals surface area contributed by atoms with Crippen LogP contribution in [0.25, 0.3) is 11.1 Å². The van der Waals surface area contributed by atoms with Crippen LogP contribution in [-0.4, -0.2) is 35.0 Å². The summed E-state index contributed by atoms with van der Waals surface area (Å²) < 4.78 is 50.5. The van der Waals surface area contributed by atoms with Gasteiger partial charge in [-0.3, -0.25) is 19.1 Å². The van der Waals surface area contributed by atoms with Gasteiger partial charge < -0.3 is 14.5 Å². The van der Waals surface area contributed by atoms with Crippen LogP contribution >= 0.6 is 0 Å². The summed E-state index contributed by atoms with van der Waals surface area (Å²) in [6.07, 6.45) is -6.04. The van der Waals surface area contributed by atoms with Crippen molar-refractivity contribution in [1.29, 1.82) is 0 Å². The number of carbonyl (C=O) groups is 3. The second-order valence-corrected chi connectivity index (χ2v) is 7.66. The van der Waals surface area contributed by atoms with Gasteiger partial charge in [0.2, 0.25) is 5.91 Å². The lowest BCUT2D eigenvalue weighted by atomic mass is 10.1. The lowest BCUT2D eigenvalue weighted by Crippen LogP contribution is -2.47. The zero-order chi connectivity index (χ0) is 24.8. The van der Waals surface area contributed by atoms with E-state index in [2.05, 4.69) is 5.32 Å². The topological polar surface area (TPSA) is 111 Å². The summed E-state index contributed by atoms with van der Waals surface area (Å²) in [5.41, 5.74) is -0.524. The number of halogens is 3. The minimum absolute atomic E-state index is 0.0330. The molecule has 0 saturated heterocycles. The maximum absolute atomic E-state index is 13.0. The van der Waals surface area contributed by atoms with Crippen molar-refractivity contribution in [3.8, 4) is 0 Å². The average Bonchev–Trinajstić information content (AvgIpc) is 3.11. The number of benzene rings is 2. The molecule has 9 nitrogen and oxygen atoms in total. The van der Waals surface area contributed by atoms with Gasteiger partial charge in [-0.25, -0.2) is 9.59 Å². The quantitative estimate of drug-likeness (QED) is 0.579. The summed E-state index contributed by atoms with van der Waals surface area (Å²) in [7, 11) is 0. The SMILES string of the molecule is C[C@H](C(=O)O[C@H](C)C(=O)N1CC(=O)Nc2cc(C(F)(F)F)ccc21)n1c(=O)oc2ccccc21. The average molecular weight is 477 g/mol. The van der Waals surface area contributed by atoms with Gasteiger partial charge >= 0.3 is 17.9 Å². The molecule has 34 heavy (non-hydrogen) atoms. The van der Waals surface area contributed by atoms with Gasteiger partial charge in [-0.05, 0) is 44.2 Å². The van der Waals surface area contributed by atoms with E-state index in [1.54, 1.807) is 24.3 Å². The maximum atomic E-state index is 13.0. The van der Waals surface area contributed by atoms with Crippen LogP contribution < -0.4 is 16.0 Å². The van der Waals surface area contributed by atoms with Crippen LogP contribution in [-0.2, 0) is 25.3 Å². The van der Waals surface area contributed by atoms with E-state index in [0.29, 0.717) is 5.52 Å². The molecule has 0 spiro atoms. The Labute approximate surface area is 189 Å². The molecule has 178 valence electrons. The number of amides is 2. The van der Waals surface area contributed by atoms with Crippen LogP contribution in [0.5, 0.6) is 0 Å². The van der Waals surface area contributed by atoms with Gasteiger partial charge in [-0.15, -0.1) is 0 Å². The van der Waals surface area contributed by atoms with Crippen molar-refractivity contribution in [2.24, 2.45) is 0 Å². The summed E-state index contributed by atoms with van der Waals surface area (Å²) >= 11 is 0. The molecule has 2 heterocycles. The Kier molecular flexibility index (Phi) is 5.67. The van der Waals surface area contributed by atoms with Crippen LogP contribution in [0.15, 0.2) is 51.7 Å². The van der Waals surface area contributed by atoms with Crippen LogP contribution in [0.1, 0.15) is 25.5 Å². The number of esters is 1. The third-order valence-electron chi connectivity index (χ3n) is 5.34. The Morgan fingerprint density at radius 2 is 1.82 bits per heavy atom. The highest BCUT2D eigenvalue weighted by Gasteiger charge is 2.36. The molecule has 2 amide bonds. The number of ether oxygens (including phenoxy) is 1. The molecule has 0 fully saturated rings. The minimum Gasteiger partial charge on any atom is -0.451 e. The molecule has 0 aliphatic carbocycles.